The molecule has 1 fully saturated rings. The second-order valence-corrected chi connectivity index (χ2v) is 8.10. The molecular formula is C17H30N4O4. The Kier molecular flexibility index (Phi) is 6.70. The van der Waals surface area contributed by atoms with Crippen molar-refractivity contribution in [1.29, 1.82) is 0 Å². The van der Waals surface area contributed by atoms with Gasteiger partial charge < -0.3 is 21.7 Å². The summed E-state index contributed by atoms with van der Waals surface area (Å²) in [5.74, 6) is -2.26. The van der Waals surface area contributed by atoms with Crippen LogP contribution < -0.4 is 16.8 Å². The van der Waals surface area contributed by atoms with Crippen molar-refractivity contribution in [1.82, 2.24) is 10.2 Å². The molecule has 1 heterocycles. The average Bonchev–Trinajstić information content (AvgIpc) is 2.95. The fraction of sp³-hybridized carbons (Fsp3) is 0.765. The maximum atomic E-state index is 12.8. The van der Waals surface area contributed by atoms with Crippen LogP contribution in [0.25, 0.3) is 0 Å². The highest BCUT2D eigenvalue weighted by Crippen LogP contribution is 2.31. The van der Waals surface area contributed by atoms with Crippen LogP contribution in [-0.4, -0.2) is 53.6 Å². The highest BCUT2D eigenvalue weighted by atomic mass is 16.2. The Morgan fingerprint density at radius 3 is 2.20 bits per heavy atom. The van der Waals surface area contributed by atoms with Crippen molar-refractivity contribution in [2.45, 2.75) is 53.1 Å². The zero-order chi connectivity index (χ0) is 19.5. The lowest BCUT2D eigenvalue weighted by Gasteiger charge is -2.32. The van der Waals surface area contributed by atoms with E-state index >= 15 is 0 Å². The molecule has 142 valence electrons. The second kappa shape index (κ2) is 7.95. The minimum Gasteiger partial charge on any atom is -0.363 e. The third-order valence-electron chi connectivity index (χ3n) is 4.76. The molecule has 1 rings (SSSR count). The van der Waals surface area contributed by atoms with Crippen LogP contribution in [0.3, 0.4) is 0 Å². The Bertz CT molecular complexity index is 553. The topological polar surface area (TPSA) is 136 Å². The van der Waals surface area contributed by atoms with Crippen molar-refractivity contribution in [2.75, 3.05) is 13.1 Å². The number of carbonyl (C=O) groups excluding carboxylic acids is 4. The summed E-state index contributed by atoms with van der Waals surface area (Å²) in [6.45, 7) is 9.65. The van der Waals surface area contributed by atoms with Crippen molar-refractivity contribution in [3.63, 3.8) is 0 Å². The number of carbonyl (C=O) groups is 4. The summed E-state index contributed by atoms with van der Waals surface area (Å²) in [7, 11) is 0. The van der Waals surface area contributed by atoms with E-state index in [4.69, 9.17) is 11.5 Å². The van der Waals surface area contributed by atoms with Crippen LogP contribution in [0.5, 0.6) is 0 Å². The minimum absolute atomic E-state index is 0.165. The van der Waals surface area contributed by atoms with Crippen LogP contribution >= 0.6 is 0 Å². The van der Waals surface area contributed by atoms with Crippen molar-refractivity contribution in [3.05, 3.63) is 0 Å². The smallest absolute Gasteiger partial charge is 0.286 e. The van der Waals surface area contributed by atoms with E-state index in [1.54, 1.807) is 0 Å². The van der Waals surface area contributed by atoms with E-state index in [1.165, 1.54) is 4.90 Å². The second-order valence-electron chi connectivity index (χ2n) is 8.10. The molecule has 1 aliphatic heterocycles. The van der Waals surface area contributed by atoms with Gasteiger partial charge >= 0.3 is 0 Å². The number of hydrogen-bond acceptors (Lipinski definition) is 5. The van der Waals surface area contributed by atoms with Crippen molar-refractivity contribution < 1.29 is 19.2 Å². The molecule has 25 heavy (non-hydrogen) atoms. The first-order chi connectivity index (χ1) is 11.4. The van der Waals surface area contributed by atoms with Crippen molar-refractivity contribution >= 4 is 23.5 Å². The lowest BCUT2D eigenvalue weighted by atomic mass is 9.86. The van der Waals surface area contributed by atoms with Gasteiger partial charge in [-0.2, -0.15) is 0 Å². The molecule has 0 bridgehead atoms. The first kappa shape index (κ1) is 21.1. The zero-order valence-corrected chi connectivity index (χ0v) is 15.7. The Morgan fingerprint density at radius 1 is 1.20 bits per heavy atom. The molecule has 0 saturated carbocycles. The molecule has 0 spiro atoms. The van der Waals surface area contributed by atoms with Crippen LogP contribution in [0, 0.1) is 17.3 Å². The van der Waals surface area contributed by atoms with E-state index in [2.05, 4.69) is 5.32 Å². The molecule has 1 saturated heterocycles. The van der Waals surface area contributed by atoms with Crippen LogP contribution in [0.2, 0.25) is 0 Å². The van der Waals surface area contributed by atoms with Gasteiger partial charge in [-0.25, -0.2) is 0 Å². The molecule has 0 aromatic heterocycles. The van der Waals surface area contributed by atoms with Gasteiger partial charge in [-0.15, -0.1) is 0 Å². The van der Waals surface area contributed by atoms with Gasteiger partial charge in [0.2, 0.25) is 17.6 Å². The summed E-state index contributed by atoms with van der Waals surface area (Å²) in [5, 5.41) is 2.40. The molecule has 0 radical (unpaired) electrons. The first-order valence-electron chi connectivity index (χ1n) is 8.52. The van der Waals surface area contributed by atoms with E-state index in [-0.39, 0.29) is 11.8 Å². The normalized spacial score (nSPS) is 22.0. The maximum absolute atomic E-state index is 12.8. The van der Waals surface area contributed by atoms with Gasteiger partial charge in [0.05, 0.1) is 12.6 Å². The molecule has 8 heteroatoms. The number of hydrogen-bond donors (Lipinski definition) is 3. The average molecular weight is 354 g/mol. The first-order valence-corrected chi connectivity index (χ1v) is 8.52. The lowest BCUT2D eigenvalue weighted by molar-refractivity contribution is -0.142. The number of nitrogens with two attached hydrogens (primary N) is 2. The molecule has 0 unspecified atom stereocenters. The highest BCUT2D eigenvalue weighted by molar-refractivity contribution is 6.36. The van der Waals surface area contributed by atoms with Crippen molar-refractivity contribution in [2.24, 2.45) is 28.7 Å². The molecule has 0 aromatic carbocycles. The number of primary amides is 1. The van der Waals surface area contributed by atoms with E-state index in [0.29, 0.717) is 18.9 Å². The predicted molar refractivity (Wildman–Crippen MR) is 93.1 cm³/mol. The summed E-state index contributed by atoms with van der Waals surface area (Å²) >= 11 is 0. The SMILES string of the molecule is CC(C)[C@@H]1C[C@@H](C(=O)NCC(=O)C(N)=O)N(C(=O)[C@@H](N)C(C)(C)C)C1. The number of ketones is 1. The molecule has 0 aliphatic carbocycles. The predicted octanol–water partition coefficient (Wildman–Crippen LogP) is -0.596. The Hall–Kier alpha value is -1.96. The number of rotatable bonds is 6. The Labute approximate surface area is 148 Å². The number of nitrogens with zero attached hydrogens (tertiary/aromatic N) is 1. The summed E-state index contributed by atoms with van der Waals surface area (Å²) < 4.78 is 0. The molecule has 3 atom stereocenters. The molecule has 0 aromatic rings. The Morgan fingerprint density at radius 2 is 1.76 bits per heavy atom. The van der Waals surface area contributed by atoms with Gasteiger partial charge in [0, 0.05) is 6.54 Å². The molecule has 5 N–H and O–H groups in total. The van der Waals surface area contributed by atoms with Crippen molar-refractivity contribution in [3.8, 4) is 0 Å². The van der Waals surface area contributed by atoms with Gasteiger partial charge in [0.25, 0.3) is 5.91 Å². The van der Waals surface area contributed by atoms with Gasteiger partial charge in [-0.1, -0.05) is 34.6 Å². The highest BCUT2D eigenvalue weighted by Gasteiger charge is 2.43. The molecule has 3 amide bonds. The van der Waals surface area contributed by atoms with Gasteiger partial charge in [0.1, 0.15) is 6.04 Å². The zero-order valence-electron chi connectivity index (χ0n) is 15.7. The number of nitrogens with one attached hydrogen (secondary N) is 1. The third-order valence-corrected chi connectivity index (χ3v) is 4.76. The summed E-state index contributed by atoms with van der Waals surface area (Å²) in [6, 6.07) is -1.44. The van der Waals surface area contributed by atoms with Crippen LogP contribution in [0.1, 0.15) is 41.0 Å². The van der Waals surface area contributed by atoms with E-state index in [1.807, 2.05) is 34.6 Å². The fourth-order valence-corrected chi connectivity index (χ4v) is 2.76. The largest absolute Gasteiger partial charge is 0.363 e. The van der Waals surface area contributed by atoms with Gasteiger partial charge in [-0.05, 0) is 23.7 Å². The van der Waals surface area contributed by atoms with Crippen LogP contribution in [0.15, 0.2) is 0 Å². The van der Waals surface area contributed by atoms with E-state index in [0.717, 1.165) is 0 Å². The Balaban J connectivity index is 2.92. The maximum Gasteiger partial charge on any atom is 0.286 e. The van der Waals surface area contributed by atoms with Gasteiger partial charge in [0.15, 0.2) is 0 Å². The molecular weight excluding hydrogens is 324 g/mol. The quantitative estimate of drug-likeness (QED) is 0.547. The van der Waals surface area contributed by atoms with Gasteiger partial charge in [-0.3, -0.25) is 19.2 Å². The number of likely N-dealkylation sites (tertiary alicyclic amines) is 1. The van der Waals surface area contributed by atoms with E-state index in [9.17, 15) is 19.2 Å². The van der Waals surface area contributed by atoms with E-state index < -0.39 is 41.6 Å². The number of Topliss-reactive ketones (excluding diaryl/α,β-unsaturated/α-hetero) is 1. The number of amides is 3. The summed E-state index contributed by atoms with van der Waals surface area (Å²) in [5.41, 5.74) is 10.5. The standard InChI is InChI=1S/C17H30N4O4/c1-9(2)10-6-11(15(24)20-7-12(22)14(19)23)21(8-10)16(25)13(18)17(3,4)5/h9-11,13H,6-8,18H2,1-5H3,(H2,19,23)(H,20,24)/t10-,11+,13-/m1/s1. The summed E-state index contributed by atoms with van der Waals surface area (Å²) in [6.07, 6.45) is 0.497. The molecule has 8 nitrogen and oxygen atoms in total. The summed E-state index contributed by atoms with van der Waals surface area (Å²) in [4.78, 5) is 48.9. The minimum atomic E-state index is -1.10. The fourth-order valence-electron chi connectivity index (χ4n) is 2.76. The monoisotopic (exact) mass is 354 g/mol. The third kappa shape index (κ3) is 5.26. The van der Waals surface area contributed by atoms with Crippen LogP contribution in [-0.2, 0) is 19.2 Å². The lowest BCUT2D eigenvalue weighted by Crippen LogP contribution is -2.55. The van der Waals surface area contributed by atoms with Crippen LogP contribution in [0.4, 0.5) is 0 Å². The molecule has 1 aliphatic rings.